The second kappa shape index (κ2) is 6.11. The van der Waals surface area contributed by atoms with Crippen molar-refractivity contribution in [1.29, 1.82) is 5.26 Å². The minimum atomic E-state index is 0.590. The number of aromatic nitrogens is 1. The summed E-state index contributed by atoms with van der Waals surface area (Å²) >= 11 is 0. The molecule has 1 aromatic heterocycles. The van der Waals surface area contributed by atoms with Crippen molar-refractivity contribution in [3.8, 4) is 6.07 Å². The topological polar surface area (TPSA) is 52.0 Å². The first-order valence-electron chi connectivity index (χ1n) is 7.49. The van der Waals surface area contributed by atoms with Gasteiger partial charge in [-0.25, -0.2) is 4.98 Å². The summed E-state index contributed by atoms with van der Waals surface area (Å²) in [5, 5.41) is 13.2. The normalized spacial score (nSPS) is 14.3. The number of hydrogen-bond acceptors (Lipinski definition) is 4. The van der Waals surface area contributed by atoms with E-state index in [1.807, 2.05) is 25.2 Å². The van der Waals surface area contributed by atoms with E-state index in [0.717, 1.165) is 24.4 Å². The number of nitrogens with one attached hydrogen (secondary N) is 1. The molecule has 1 saturated carbocycles. The van der Waals surface area contributed by atoms with Gasteiger partial charge in [-0.15, -0.1) is 0 Å². The highest BCUT2D eigenvalue weighted by molar-refractivity contribution is 5.81. The molecule has 21 heavy (non-hydrogen) atoms. The molecule has 1 aliphatic carbocycles. The molecule has 0 amide bonds. The SMILES string of the molecule is CNc1nc2ccccc2cc1CN(CCC#N)C1CC1. The summed E-state index contributed by atoms with van der Waals surface area (Å²) in [7, 11) is 1.91. The van der Waals surface area contributed by atoms with Gasteiger partial charge in [0.25, 0.3) is 0 Å². The lowest BCUT2D eigenvalue weighted by molar-refractivity contribution is 0.261. The third kappa shape index (κ3) is 3.14. The lowest BCUT2D eigenvalue weighted by Gasteiger charge is -2.22. The number of nitrogens with zero attached hydrogens (tertiary/aromatic N) is 3. The molecular formula is C17H20N4. The van der Waals surface area contributed by atoms with Crippen molar-refractivity contribution in [3.63, 3.8) is 0 Å². The molecule has 0 saturated heterocycles. The van der Waals surface area contributed by atoms with Crippen molar-refractivity contribution in [1.82, 2.24) is 9.88 Å². The Morgan fingerprint density at radius 1 is 1.38 bits per heavy atom. The third-order valence-electron chi connectivity index (χ3n) is 3.99. The van der Waals surface area contributed by atoms with Crippen molar-refractivity contribution >= 4 is 16.7 Å². The zero-order valence-electron chi connectivity index (χ0n) is 12.3. The van der Waals surface area contributed by atoms with Crippen molar-refractivity contribution in [2.75, 3.05) is 18.9 Å². The Morgan fingerprint density at radius 2 is 2.19 bits per heavy atom. The van der Waals surface area contributed by atoms with Crippen LogP contribution in [-0.2, 0) is 6.54 Å². The number of nitriles is 1. The Labute approximate surface area is 125 Å². The van der Waals surface area contributed by atoms with Gasteiger partial charge < -0.3 is 5.32 Å². The Bertz CT molecular complexity index is 670. The van der Waals surface area contributed by atoms with Crippen LogP contribution in [0.5, 0.6) is 0 Å². The summed E-state index contributed by atoms with van der Waals surface area (Å²) in [4.78, 5) is 7.12. The quantitative estimate of drug-likeness (QED) is 0.883. The van der Waals surface area contributed by atoms with Crippen LogP contribution in [0.25, 0.3) is 10.9 Å². The molecule has 1 aromatic carbocycles. The summed E-state index contributed by atoms with van der Waals surface area (Å²) in [6.45, 7) is 1.71. The van der Waals surface area contributed by atoms with E-state index < -0.39 is 0 Å². The first-order chi connectivity index (χ1) is 10.3. The maximum absolute atomic E-state index is 8.82. The van der Waals surface area contributed by atoms with Crippen LogP contribution in [0.2, 0.25) is 0 Å². The molecule has 0 unspecified atom stereocenters. The van der Waals surface area contributed by atoms with E-state index in [4.69, 9.17) is 10.2 Å². The molecule has 3 rings (SSSR count). The van der Waals surface area contributed by atoms with Gasteiger partial charge in [-0.2, -0.15) is 5.26 Å². The van der Waals surface area contributed by atoms with Crippen LogP contribution < -0.4 is 5.32 Å². The lowest BCUT2D eigenvalue weighted by atomic mass is 10.1. The van der Waals surface area contributed by atoms with Crippen LogP contribution >= 0.6 is 0 Å². The van der Waals surface area contributed by atoms with Gasteiger partial charge in [0.15, 0.2) is 0 Å². The maximum atomic E-state index is 8.82. The van der Waals surface area contributed by atoms with E-state index in [1.54, 1.807) is 0 Å². The fourth-order valence-corrected chi connectivity index (χ4v) is 2.74. The zero-order valence-corrected chi connectivity index (χ0v) is 12.3. The highest BCUT2D eigenvalue weighted by Crippen LogP contribution is 2.30. The highest BCUT2D eigenvalue weighted by atomic mass is 15.2. The van der Waals surface area contributed by atoms with E-state index in [9.17, 15) is 0 Å². The second-order valence-electron chi connectivity index (χ2n) is 5.55. The standard InChI is InChI=1S/C17H20N4/c1-19-17-14(11-13-5-2-3-6-16(13)20-17)12-21(10-4-9-18)15-7-8-15/h2-3,5-6,11,15H,4,7-8,10,12H2,1H3,(H,19,20). The predicted molar refractivity (Wildman–Crippen MR) is 85.0 cm³/mol. The smallest absolute Gasteiger partial charge is 0.130 e. The fourth-order valence-electron chi connectivity index (χ4n) is 2.74. The highest BCUT2D eigenvalue weighted by Gasteiger charge is 2.29. The third-order valence-corrected chi connectivity index (χ3v) is 3.99. The van der Waals surface area contributed by atoms with Crippen molar-refractivity contribution in [3.05, 3.63) is 35.9 Å². The monoisotopic (exact) mass is 280 g/mol. The number of rotatable bonds is 6. The first-order valence-corrected chi connectivity index (χ1v) is 7.49. The van der Waals surface area contributed by atoms with E-state index in [1.165, 1.54) is 23.8 Å². The van der Waals surface area contributed by atoms with E-state index >= 15 is 0 Å². The molecule has 108 valence electrons. The van der Waals surface area contributed by atoms with Gasteiger partial charge in [-0.3, -0.25) is 4.90 Å². The number of para-hydroxylation sites is 1. The molecule has 1 N–H and O–H groups in total. The van der Waals surface area contributed by atoms with Crippen LogP contribution in [0.15, 0.2) is 30.3 Å². The predicted octanol–water partition coefficient (Wildman–Crippen LogP) is 3.15. The molecule has 1 aliphatic rings. The number of pyridine rings is 1. The van der Waals surface area contributed by atoms with Crippen LogP contribution in [0.4, 0.5) is 5.82 Å². The molecule has 4 heteroatoms. The Kier molecular flexibility index (Phi) is 4.03. The Hall–Kier alpha value is -2.12. The number of hydrogen-bond donors (Lipinski definition) is 1. The molecule has 4 nitrogen and oxygen atoms in total. The van der Waals surface area contributed by atoms with Gasteiger partial charge in [0.2, 0.25) is 0 Å². The molecule has 2 aromatic rings. The van der Waals surface area contributed by atoms with E-state index in [-0.39, 0.29) is 0 Å². The summed E-state index contributed by atoms with van der Waals surface area (Å²) in [6.07, 6.45) is 3.09. The van der Waals surface area contributed by atoms with Crippen LogP contribution in [0, 0.1) is 11.3 Å². The lowest BCUT2D eigenvalue weighted by Crippen LogP contribution is -2.27. The summed E-state index contributed by atoms with van der Waals surface area (Å²) < 4.78 is 0. The maximum Gasteiger partial charge on any atom is 0.130 e. The largest absolute Gasteiger partial charge is 0.373 e. The zero-order chi connectivity index (χ0) is 14.7. The van der Waals surface area contributed by atoms with Crippen molar-refractivity contribution in [2.45, 2.75) is 31.8 Å². The van der Waals surface area contributed by atoms with Gasteiger partial charge in [0, 0.05) is 43.5 Å². The molecule has 1 fully saturated rings. The minimum absolute atomic E-state index is 0.590. The van der Waals surface area contributed by atoms with Crippen molar-refractivity contribution < 1.29 is 0 Å². The van der Waals surface area contributed by atoms with Crippen molar-refractivity contribution in [2.24, 2.45) is 0 Å². The number of fused-ring (bicyclic) bond motifs is 1. The molecule has 0 aliphatic heterocycles. The summed E-state index contributed by atoms with van der Waals surface area (Å²) in [5.74, 6) is 0.941. The molecule has 0 atom stereocenters. The second-order valence-corrected chi connectivity index (χ2v) is 5.55. The van der Waals surface area contributed by atoms with Gasteiger partial charge in [0.05, 0.1) is 11.6 Å². The molecule has 1 heterocycles. The summed E-state index contributed by atoms with van der Waals surface area (Å²) in [5.41, 5.74) is 2.22. The minimum Gasteiger partial charge on any atom is -0.373 e. The Balaban J connectivity index is 1.88. The van der Waals surface area contributed by atoms with Gasteiger partial charge >= 0.3 is 0 Å². The van der Waals surface area contributed by atoms with Gasteiger partial charge in [-0.1, -0.05) is 18.2 Å². The average molecular weight is 280 g/mol. The number of anilines is 1. The molecule has 0 radical (unpaired) electrons. The van der Waals surface area contributed by atoms with E-state index in [0.29, 0.717) is 12.5 Å². The van der Waals surface area contributed by atoms with Gasteiger partial charge in [0.1, 0.15) is 5.82 Å². The van der Waals surface area contributed by atoms with Crippen LogP contribution in [0.1, 0.15) is 24.8 Å². The van der Waals surface area contributed by atoms with Crippen LogP contribution in [0.3, 0.4) is 0 Å². The molecular weight excluding hydrogens is 260 g/mol. The molecule has 0 bridgehead atoms. The van der Waals surface area contributed by atoms with Gasteiger partial charge in [-0.05, 0) is 25.0 Å². The fraction of sp³-hybridized carbons (Fsp3) is 0.412. The summed E-state index contributed by atoms with van der Waals surface area (Å²) in [6, 6.07) is 13.3. The Morgan fingerprint density at radius 3 is 2.90 bits per heavy atom. The first kappa shape index (κ1) is 13.8. The van der Waals surface area contributed by atoms with E-state index in [2.05, 4.69) is 28.4 Å². The molecule has 0 spiro atoms. The number of benzene rings is 1. The van der Waals surface area contributed by atoms with Crippen LogP contribution in [-0.4, -0.2) is 29.5 Å². The average Bonchev–Trinajstić information content (AvgIpc) is 3.35.